The van der Waals surface area contributed by atoms with Gasteiger partial charge in [0.25, 0.3) is 0 Å². The Bertz CT molecular complexity index is 892. The molecule has 0 amide bonds. The monoisotopic (exact) mass is 393 g/mol. The summed E-state index contributed by atoms with van der Waals surface area (Å²) in [6, 6.07) is 4.60. The number of carbonyl (C=O) groups excluding carboxylic acids is 2. The molecule has 0 fully saturated rings. The summed E-state index contributed by atoms with van der Waals surface area (Å²) in [7, 11) is 1.24. The Morgan fingerprint density at radius 1 is 1.21 bits per heavy atom. The van der Waals surface area contributed by atoms with Crippen molar-refractivity contribution >= 4 is 11.8 Å². The van der Waals surface area contributed by atoms with E-state index in [0.717, 1.165) is 17.8 Å². The second-order valence-corrected chi connectivity index (χ2v) is 7.81. The fourth-order valence-corrected chi connectivity index (χ4v) is 3.86. The van der Waals surface area contributed by atoms with Crippen molar-refractivity contribution in [2.24, 2.45) is 5.41 Å². The summed E-state index contributed by atoms with van der Waals surface area (Å²) >= 11 is 0. The van der Waals surface area contributed by atoms with E-state index in [4.69, 9.17) is 4.74 Å². The third-order valence-corrected chi connectivity index (χ3v) is 5.48. The molecular weight excluding hydrogens is 371 g/mol. The van der Waals surface area contributed by atoms with Gasteiger partial charge in [-0.3, -0.25) is 4.79 Å². The van der Waals surface area contributed by atoms with Crippen LogP contribution in [0.25, 0.3) is 0 Å². The molecule has 1 aliphatic carbocycles. The van der Waals surface area contributed by atoms with Crippen LogP contribution < -0.4 is 5.32 Å². The van der Waals surface area contributed by atoms with Crippen LogP contribution in [0, 0.1) is 5.41 Å². The molecule has 0 spiro atoms. The molecule has 0 aromatic heterocycles. The normalized spacial score (nSPS) is 22.0. The van der Waals surface area contributed by atoms with Crippen LogP contribution in [0.3, 0.4) is 0 Å². The first-order chi connectivity index (χ1) is 13.0. The quantitative estimate of drug-likeness (QED) is 0.753. The van der Waals surface area contributed by atoms with E-state index in [1.807, 2.05) is 13.8 Å². The first-order valence-corrected chi connectivity index (χ1v) is 8.98. The Morgan fingerprint density at radius 3 is 2.36 bits per heavy atom. The maximum absolute atomic E-state index is 13.2. The number of alkyl halides is 3. The number of esters is 1. The number of halogens is 3. The van der Waals surface area contributed by atoms with E-state index < -0.39 is 29.0 Å². The summed E-state index contributed by atoms with van der Waals surface area (Å²) in [6.07, 6.45) is -3.19. The summed E-state index contributed by atoms with van der Waals surface area (Å²) < 4.78 is 43.8. The Kier molecular flexibility index (Phi) is 4.89. The number of allylic oxidation sites excluding steroid dienone is 3. The first-order valence-electron chi connectivity index (χ1n) is 8.98. The minimum atomic E-state index is -4.46. The SMILES string of the molecule is COC(=O)C1=C(C)NC2=C(C(=O)C(C)(C)CC2)C1c1ccc(C(F)(F)F)cc1. The molecule has 2 aliphatic rings. The molecule has 0 radical (unpaired) electrons. The molecule has 28 heavy (non-hydrogen) atoms. The van der Waals surface area contributed by atoms with Crippen LogP contribution >= 0.6 is 0 Å². The zero-order valence-corrected chi connectivity index (χ0v) is 16.2. The second kappa shape index (κ2) is 6.79. The van der Waals surface area contributed by atoms with Gasteiger partial charge in [0, 0.05) is 28.3 Å². The van der Waals surface area contributed by atoms with E-state index in [1.165, 1.54) is 19.2 Å². The largest absolute Gasteiger partial charge is 0.466 e. The minimum Gasteiger partial charge on any atom is -0.466 e. The van der Waals surface area contributed by atoms with Crippen LogP contribution in [0.1, 0.15) is 50.7 Å². The Balaban J connectivity index is 2.18. The number of hydrogen-bond donors (Lipinski definition) is 1. The first kappa shape index (κ1) is 20.2. The Labute approximate surface area is 161 Å². The number of methoxy groups -OCH3 is 1. The molecule has 0 saturated heterocycles. The van der Waals surface area contributed by atoms with Gasteiger partial charge < -0.3 is 10.1 Å². The predicted molar refractivity (Wildman–Crippen MR) is 97.1 cm³/mol. The van der Waals surface area contributed by atoms with Gasteiger partial charge in [0.2, 0.25) is 0 Å². The molecule has 3 rings (SSSR count). The maximum atomic E-state index is 13.2. The van der Waals surface area contributed by atoms with Crippen LogP contribution in [0.15, 0.2) is 46.8 Å². The van der Waals surface area contributed by atoms with Gasteiger partial charge in [0.15, 0.2) is 5.78 Å². The van der Waals surface area contributed by atoms with E-state index in [-0.39, 0.29) is 11.4 Å². The van der Waals surface area contributed by atoms with Gasteiger partial charge in [0.05, 0.1) is 18.2 Å². The van der Waals surface area contributed by atoms with E-state index in [2.05, 4.69) is 5.32 Å². The fraction of sp³-hybridized carbons (Fsp3) is 0.429. The number of ether oxygens (including phenoxy) is 1. The van der Waals surface area contributed by atoms with Crippen LogP contribution in [0.5, 0.6) is 0 Å². The van der Waals surface area contributed by atoms with E-state index >= 15 is 0 Å². The summed E-state index contributed by atoms with van der Waals surface area (Å²) in [5, 5.41) is 3.14. The fourth-order valence-electron chi connectivity index (χ4n) is 3.86. The molecule has 150 valence electrons. The lowest BCUT2D eigenvalue weighted by Gasteiger charge is -2.39. The molecule has 0 bridgehead atoms. The Hall–Kier alpha value is -2.57. The molecule has 1 unspecified atom stereocenters. The molecule has 7 heteroatoms. The number of benzene rings is 1. The number of Topliss-reactive ketones (excluding diaryl/α,β-unsaturated/α-hetero) is 1. The third-order valence-electron chi connectivity index (χ3n) is 5.48. The van der Waals surface area contributed by atoms with Crippen LogP contribution in [-0.4, -0.2) is 18.9 Å². The summed E-state index contributed by atoms with van der Waals surface area (Å²) in [5.41, 5.74) is 0.996. The van der Waals surface area contributed by atoms with Gasteiger partial charge >= 0.3 is 12.1 Å². The lowest BCUT2D eigenvalue weighted by Crippen LogP contribution is -2.40. The lowest BCUT2D eigenvalue weighted by atomic mass is 9.67. The van der Waals surface area contributed by atoms with Gasteiger partial charge in [-0.2, -0.15) is 13.2 Å². The molecular formula is C21H22F3NO3. The molecule has 1 N–H and O–H groups in total. The van der Waals surface area contributed by atoms with E-state index in [9.17, 15) is 22.8 Å². The van der Waals surface area contributed by atoms with Crippen molar-refractivity contribution < 1.29 is 27.5 Å². The standard InChI is InChI=1S/C21H22F3NO3/c1-11-15(19(27)28-4)16(12-5-7-13(8-6-12)21(22,23)24)17-14(25-11)9-10-20(2,3)18(17)26/h5-8,16,25H,9-10H2,1-4H3. The van der Waals surface area contributed by atoms with Gasteiger partial charge in [-0.25, -0.2) is 4.79 Å². The maximum Gasteiger partial charge on any atom is 0.416 e. The zero-order valence-electron chi connectivity index (χ0n) is 16.2. The summed E-state index contributed by atoms with van der Waals surface area (Å²) in [5.74, 6) is -1.49. The van der Waals surface area contributed by atoms with E-state index in [1.54, 1.807) is 6.92 Å². The molecule has 1 aromatic rings. The third kappa shape index (κ3) is 3.34. The summed E-state index contributed by atoms with van der Waals surface area (Å²) in [4.78, 5) is 25.7. The smallest absolute Gasteiger partial charge is 0.416 e. The number of nitrogens with one attached hydrogen (secondary N) is 1. The van der Waals surface area contributed by atoms with Gasteiger partial charge in [-0.05, 0) is 37.5 Å². The summed E-state index contributed by atoms with van der Waals surface area (Å²) in [6.45, 7) is 5.38. The van der Waals surface area contributed by atoms with Crippen molar-refractivity contribution in [2.75, 3.05) is 7.11 Å². The van der Waals surface area contributed by atoms with Gasteiger partial charge in [-0.15, -0.1) is 0 Å². The van der Waals surface area contributed by atoms with Crippen LogP contribution in [-0.2, 0) is 20.5 Å². The highest BCUT2D eigenvalue weighted by Crippen LogP contribution is 2.47. The van der Waals surface area contributed by atoms with Crippen LogP contribution in [0.4, 0.5) is 13.2 Å². The van der Waals surface area contributed by atoms with Crippen molar-refractivity contribution in [2.45, 2.75) is 45.7 Å². The highest BCUT2D eigenvalue weighted by molar-refractivity contribution is 6.06. The number of rotatable bonds is 2. The highest BCUT2D eigenvalue weighted by atomic mass is 19.4. The number of ketones is 1. The average Bonchev–Trinajstić information content (AvgIpc) is 2.63. The second-order valence-electron chi connectivity index (χ2n) is 7.81. The van der Waals surface area contributed by atoms with Crippen molar-refractivity contribution in [1.82, 2.24) is 5.32 Å². The molecule has 1 aliphatic heterocycles. The van der Waals surface area contributed by atoms with Crippen LogP contribution in [0.2, 0.25) is 0 Å². The zero-order chi connectivity index (χ0) is 20.9. The van der Waals surface area contributed by atoms with E-state index in [0.29, 0.717) is 29.7 Å². The number of dihydropyridines is 1. The molecule has 1 heterocycles. The molecule has 0 saturated carbocycles. The average molecular weight is 393 g/mol. The van der Waals surface area contributed by atoms with Crippen molar-refractivity contribution in [1.29, 1.82) is 0 Å². The molecule has 1 atom stereocenters. The Morgan fingerprint density at radius 2 is 1.82 bits per heavy atom. The minimum absolute atomic E-state index is 0.111. The topological polar surface area (TPSA) is 55.4 Å². The molecule has 1 aromatic carbocycles. The highest BCUT2D eigenvalue weighted by Gasteiger charge is 2.45. The number of carbonyl (C=O) groups is 2. The van der Waals surface area contributed by atoms with Gasteiger partial charge in [-0.1, -0.05) is 26.0 Å². The lowest BCUT2D eigenvalue weighted by molar-refractivity contribution is -0.138. The predicted octanol–water partition coefficient (Wildman–Crippen LogP) is 4.48. The van der Waals surface area contributed by atoms with Gasteiger partial charge in [0.1, 0.15) is 0 Å². The van der Waals surface area contributed by atoms with Crippen molar-refractivity contribution in [3.8, 4) is 0 Å². The van der Waals surface area contributed by atoms with Crippen molar-refractivity contribution in [3.63, 3.8) is 0 Å². The van der Waals surface area contributed by atoms with Crippen molar-refractivity contribution in [3.05, 3.63) is 57.9 Å². The molecule has 4 nitrogen and oxygen atoms in total. The number of hydrogen-bond acceptors (Lipinski definition) is 4.